The van der Waals surface area contributed by atoms with Gasteiger partial charge < -0.3 is 14.6 Å². The van der Waals surface area contributed by atoms with Gasteiger partial charge in [0.1, 0.15) is 5.75 Å². The molecule has 1 N–H and O–H groups in total. The number of aliphatic hydroxyl groups excluding tert-OH is 1. The summed E-state index contributed by atoms with van der Waals surface area (Å²) in [4.78, 5) is 0. The van der Waals surface area contributed by atoms with E-state index in [2.05, 4.69) is 6.92 Å². The van der Waals surface area contributed by atoms with Crippen LogP contribution < -0.4 is 4.74 Å². The zero-order valence-corrected chi connectivity index (χ0v) is 8.35. The molecule has 0 bridgehead atoms. The molecule has 14 heavy (non-hydrogen) atoms. The molecule has 78 valence electrons. The molecule has 3 nitrogen and oxygen atoms in total. The summed E-state index contributed by atoms with van der Waals surface area (Å²) in [6, 6.07) is 9.11. The van der Waals surface area contributed by atoms with Crippen LogP contribution in [0.2, 0.25) is 0 Å². The third-order valence-corrected chi connectivity index (χ3v) is 1.74. The topological polar surface area (TPSA) is 38.7 Å². The summed E-state index contributed by atoms with van der Waals surface area (Å²) < 4.78 is 10.1. The van der Waals surface area contributed by atoms with Crippen molar-refractivity contribution in [2.45, 2.75) is 26.2 Å². The quantitative estimate of drug-likeness (QED) is 0.559. The van der Waals surface area contributed by atoms with Crippen molar-refractivity contribution in [3.63, 3.8) is 0 Å². The normalized spacial score (nSPS) is 12.4. The second-order valence-electron chi connectivity index (χ2n) is 2.96. The van der Waals surface area contributed by atoms with Gasteiger partial charge >= 0.3 is 6.48 Å². The lowest BCUT2D eigenvalue weighted by atomic mass is 10.3. The lowest BCUT2D eigenvalue weighted by Gasteiger charge is -2.13. The predicted molar refractivity (Wildman–Crippen MR) is 53.9 cm³/mol. The van der Waals surface area contributed by atoms with Gasteiger partial charge in [0.2, 0.25) is 0 Å². The highest BCUT2D eigenvalue weighted by molar-refractivity contribution is 5.20. The van der Waals surface area contributed by atoms with Gasteiger partial charge in [0.25, 0.3) is 0 Å². The summed E-state index contributed by atoms with van der Waals surface area (Å²) in [5.74, 6) is 0.608. The van der Waals surface area contributed by atoms with Crippen LogP contribution in [-0.2, 0) is 4.74 Å². The summed E-state index contributed by atoms with van der Waals surface area (Å²) in [5.41, 5.74) is 0. The van der Waals surface area contributed by atoms with Crippen LogP contribution >= 0.6 is 0 Å². The highest BCUT2D eigenvalue weighted by Gasteiger charge is 2.04. The Bertz CT molecular complexity index is 236. The molecular weight excluding hydrogens is 180 g/mol. The third kappa shape index (κ3) is 4.25. The smallest absolute Gasteiger partial charge is 0.313 e. The minimum Gasteiger partial charge on any atom is -0.441 e. The Morgan fingerprint density at radius 3 is 2.64 bits per heavy atom. The Hall–Kier alpha value is -1.06. The molecule has 0 fully saturated rings. The Balaban J connectivity index is 2.23. The molecule has 0 radical (unpaired) electrons. The average Bonchev–Trinajstić information content (AvgIpc) is 2.20. The van der Waals surface area contributed by atoms with Crippen molar-refractivity contribution in [1.82, 2.24) is 0 Å². The van der Waals surface area contributed by atoms with Crippen LogP contribution in [0.5, 0.6) is 5.75 Å². The fourth-order valence-electron chi connectivity index (χ4n) is 0.978. The summed E-state index contributed by atoms with van der Waals surface area (Å²) in [6.45, 7) is 1.42. The van der Waals surface area contributed by atoms with Crippen molar-refractivity contribution in [2.75, 3.05) is 6.61 Å². The second kappa shape index (κ2) is 6.40. The molecule has 1 aromatic rings. The monoisotopic (exact) mass is 196 g/mol. The van der Waals surface area contributed by atoms with Crippen LogP contribution in [0.1, 0.15) is 19.8 Å². The van der Waals surface area contributed by atoms with Crippen LogP contribution in [0.25, 0.3) is 0 Å². The molecule has 1 atom stereocenters. The number of benzene rings is 1. The van der Waals surface area contributed by atoms with Crippen LogP contribution in [-0.4, -0.2) is 18.2 Å². The predicted octanol–water partition coefficient (Wildman–Crippen LogP) is 2.16. The van der Waals surface area contributed by atoms with E-state index in [4.69, 9.17) is 9.47 Å². The first-order valence-corrected chi connectivity index (χ1v) is 4.84. The van der Waals surface area contributed by atoms with E-state index in [-0.39, 0.29) is 0 Å². The number of rotatable bonds is 6. The zero-order chi connectivity index (χ0) is 10.2. The van der Waals surface area contributed by atoms with Crippen LogP contribution in [0.15, 0.2) is 30.3 Å². The van der Waals surface area contributed by atoms with E-state index < -0.39 is 6.48 Å². The zero-order valence-electron chi connectivity index (χ0n) is 8.35. The molecule has 0 spiro atoms. The van der Waals surface area contributed by atoms with Crippen molar-refractivity contribution in [3.8, 4) is 5.75 Å². The van der Waals surface area contributed by atoms with E-state index in [1.165, 1.54) is 0 Å². The Morgan fingerprint density at radius 2 is 2.00 bits per heavy atom. The summed E-state index contributed by atoms with van der Waals surface area (Å²) in [5, 5.41) is 9.28. The first-order valence-electron chi connectivity index (χ1n) is 4.84. The highest BCUT2D eigenvalue weighted by Crippen LogP contribution is 2.10. The van der Waals surface area contributed by atoms with Crippen molar-refractivity contribution >= 4 is 0 Å². The van der Waals surface area contributed by atoms with E-state index >= 15 is 0 Å². The molecular formula is C11H16O3. The number of aliphatic hydroxyl groups is 1. The van der Waals surface area contributed by atoms with Crippen LogP contribution in [0.3, 0.4) is 0 Å². The molecule has 0 aliphatic rings. The van der Waals surface area contributed by atoms with Gasteiger partial charge in [-0.05, 0) is 18.6 Å². The molecule has 0 saturated heterocycles. The molecule has 1 rings (SSSR count). The van der Waals surface area contributed by atoms with E-state index in [1.807, 2.05) is 18.2 Å². The number of unbranched alkanes of at least 4 members (excludes halogenated alkanes) is 1. The van der Waals surface area contributed by atoms with Crippen molar-refractivity contribution in [3.05, 3.63) is 30.3 Å². The van der Waals surface area contributed by atoms with E-state index in [0.29, 0.717) is 12.4 Å². The minimum absolute atomic E-state index is 0.518. The van der Waals surface area contributed by atoms with Crippen LogP contribution in [0, 0.1) is 0 Å². The Labute approximate surface area is 84.3 Å². The maximum Gasteiger partial charge on any atom is 0.313 e. The standard InChI is InChI=1S/C11H16O3/c1-2-3-9-13-11(12)14-10-7-5-4-6-8-10/h4-8,11-12H,2-3,9H2,1H3. The molecule has 0 aliphatic heterocycles. The molecule has 0 aliphatic carbocycles. The summed E-state index contributed by atoms with van der Waals surface area (Å²) in [6.07, 6.45) is 1.97. The fraction of sp³-hybridized carbons (Fsp3) is 0.455. The fourth-order valence-corrected chi connectivity index (χ4v) is 0.978. The second-order valence-corrected chi connectivity index (χ2v) is 2.96. The lowest BCUT2D eigenvalue weighted by molar-refractivity contribution is -0.216. The first kappa shape index (κ1) is 11.0. The molecule has 0 aromatic heterocycles. The number of para-hydroxylation sites is 1. The highest BCUT2D eigenvalue weighted by atomic mass is 16.8. The molecule has 1 aromatic carbocycles. The minimum atomic E-state index is -1.16. The molecule has 3 heteroatoms. The van der Waals surface area contributed by atoms with Gasteiger partial charge in [0, 0.05) is 0 Å². The molecule has 0 heterocycles. The maximum atomic E-state index is 9.28. The number of hydrogen-bond donors (Lipinski definition) is 1. The van der Waals surface area contributed by atoms with E-state index in [0.717, 1.165) is 12.8 Å². The largest absolute Gasteiger partial charge is 0.441 e. The van der Waals surface area contributed by atoms with Gasteiger partial charge in [0.05, 0.1) is 6.61 Å². The lowest BCUT2D eigenvalue weighted by Crippen LogP contribution is -2.20. The number of hydrogen-bond acceptors (Lipinski definition) is 3. The maximum absolute atomic E-state index is 9.28. The van der Waals surface area contributed by atoms with Crippen molar-refractivity contribution in [2.24, 2.45) is 0 Å². The molecule has 0 saturated carbocycles. The van der Waals surface area contributed by atoms with Gasteiger partial charge in [-0.2, -0.15) is 0 Å². The molecule has 1 unspecified atom stereocenters. The van der Waals surface area contributed by atoms with Crippen LogP contribution in [0.4, 0.5) is 0 Å². The Kier molecular flexibility index (Phi) is 5.04. The average molecular weight is 196 g/mol. The van der Waals surface area contributed by atoms with E-state index in [1.54, 1.807) is 12.1 Å². The van der Waals surface area contributed by atoms with Crippen molar-refractivity contribution in [1.29, 1.82) is 0 Å². The molecule has 0 amide bonds. The van der Waals surface area contributed by atoms with E-state index in [9.17, 15) is 5.11 Å². The summed E-state index contributed by atoms with van der Waals surface area (Å²) >= 11 is 0. The first-order chi connectivity index (χ1) is 6.83. The van der Waals surface area contributed by atoms with Gasteiger partial charge in [-0.15, -0.1) is 0 Å². The van der Waals surface area contributed by atoms with Gasteiger partial charge in [0.15, 0.2) is 0 Å². The SMILES string of the molecule is CCCCOC(O)Oc1ccccc1. The van der Waals surface area contributed by atoms with Gasteiger partial charge in [-0.3, -0.25) is 0 Å². The van der Waals surface area contributed by atoms with Gasteiger partial charge in [-0.25, -0.2) is 0 Å². The summed E-state index contributed by atoms with van der Waals surface area (Å²) in [7, 11) is 0. The number of ether oxygens (including phenoxy) is 2. The Morgan fingerprint density at radius 1 is 1.29 bits per heavy atom. The van der Waals surface area contributed by atoms with Crippen molar-refractivity contribution < 1.29 is 14.6 Å². The van der Waals surface area contributed by atoms with Gasteiger partial charge in [-0.1, -0.05) is 31.5 Å². The third-order valence-electron chi connectivity index (χ3n) is 1.74.